The summed E-state index contributed by atoms with van der Waals surface area (Å²) in [6.07, 6.45) is 0. The van der Waals surface area contributed by atoms with Crippen LogP contribution in [0.25, 0.3) is 43.1 Å². The van der Waals surface area contributed by atoms with E-state index >= 15 is 0 Å². The van der Waals surface area contributed by atoms with Gasteiger partial charge >= 0.3 is 8.80 Å². The molecule has 0 N–H and O–H groups in total. The topological polar surface area (TPSA) is 27.7 Å². The van der Waals surface area contributed by atoms with Crippen molar-refractivity contribution in [2.24, 2.45) is 0 Å². The van der Waals surface area contributed by atoms with Gasteiger partial charge in [0.05, 0.1) is 0 Å². The summed E-state index contributed by atoms with van der Waals surface area (Å²) in [4.78, 5) is 0. The Kier molecular flexibility index (Phi) is 4.37. The van der Waals surface area contributed by atoms with Crippen molar-refractivity contribution in [3.63, 3.8) is 0 Å². The van der Waals surface area contributed by atoms with Gasteiger partial charge in [0, 0.05) is 26.5 Å². The molecule has 0 aliphatic carbocycles. The SMILES string of the molecule is CO[Si](OC)(OC)c1cccc2cc3cc4cc5ccccc5cc4cc3cc12. The number of fused-ring (bicyclic) bond motifs is 4. The van der Waals surface area contributed by atoms with E-state index in [-0.39, 0.29) is 0 Å². The van der Waals surface area contributed by atoms with Crippen LogP contribution in [-0.4, -0.2) is 30.1 Å². The lowest BCUT2D eigenvalue weighted by atomic mass is 9.97. The van der Waals surface area contributed by atoms with Crippen molar-refractivity contribution in [3.05, 3.63) is 78.9 Å². The number of hydrogen-bond acceptors (Lipinski definition) is 3. The fourth-order valence-corrected chi connectivity index (χ4v) is 6.32. The summed E-state index contributed by atoms with van der Waals surface area (Å²) < 4.78 is 17.3. The largest absolute Gasteiger partial charge is 0.537 e. The van der Waals surface area contributed by atoms with Crippen LogP contribution in [-0.2, 0) is 13.3 Å². The zero-order chi connectivity index (χ0) is 20.0. The molecule has 0 amide bonds. The molecule has 0 atom stereocenters. The summed E-state index contributed by atoms with van der Waals surface area (Å²) in [5, 5.41) is 10.7. The van der Waals surface area contributed by atoms with Crippen LogP contribution in [0, 0.1) is 0 Å². The molecule has 4 heteroatoms. The van der Waals surface area contributed by atoms with Crippen molar-refractivity contribution in [2.75, 3.05) is 21.3 Å². The first-order valence-electron chi connectivity index (χ1n) is 9.62. The highest BCUT2D eigenvalue weighted by Crippen LogP contribution is 2.30. The van der Waals surface area contributed by atoms with Crippen LogP contribution in [0.2, 0.25) is 0 Å². The summed E-state index contributed by atoms with van der Waals surface area (Å²) >= 11 is 0. The predicted octanol–water partition coefficient (Wildman–Crippen LogP) is 5.38. The third kappa shape index (κ3) is 2.84. The summed E-state index contributed by atoms with van der Waals surface area (Å²) in [5.41, 5.74) is 0. The fourth-order valence-electron chi connectivity index (χ4n) is 4.32. The minimum absolute atomic E-state index is 0.989. The summed E-state index contributed by atoms with van der Waals surface area (Å²) in [5.74, 6) is 0. The maximum Gasteiger partial charge on any atom is 0.537 e. The van der Waals surface area contributed by atoms with Crippen molar-refractivity contribution >= 4 is 57.1 Å². The molecule has 0 bridgehead atoms. The lowest BCUT2D eigenvalue weighted by molar-refractivity contribution is 0.140. The Morgan fingerprint density at radius 2 is 0.931 bits per heavy atom. The van der Waals surface area contributed by atoms with E-state index in [1.165, 1.54) is 32.3 Å². The normalized spacial score (nSPS) is 12.4. The van der Waals surface area contributed by atoms with Gasteiger partial charge in [-0.25, -0.2) is 0 Å². The zero-order valence-electron chi connectivity index (χ0n) is 16.7. The maximum atomic E-state index is 5.76. The molecule has 0 saturated heterocycles. The van der Waals surface area contributed by atoms with E-state index in [1.54, 1.807) is 21.3 Å². The van der Waals surface area contributed by atoms with E-state index in [1.807, 2.05) is 12.1 Å². The molecule has 5 rings (SSSR count). The molecule has 0 saturated carbocycles. The highest BCUT2D eigenvalue weighted by molar-refractivity contribution is 6.77. The second kappa shape index (κ2) is 6.93. The molecule has 0 unspecified atom stereocenters. The Morgan fingerprint density at radius 3 is 1.48 bits per heavy atom. The molecule has 0 radical (unpaired) electrons. The lowest BCUT2D eigenvalue weighted by Crippen LogP contribution is -2.54. The monoisotopic (exact) mass is 398 g/mol. The standard InChI is InChI=1S/C25H22O3Si/c1-26-29(27-2,28-3)25-10-6-9-19-13-22-14-20-11-17-7-4-5-8-18(17)12-21(20)15-23(22)16-24(19)25/h4-16H,1-3H3. The lowest BCUT2D eigenvalue weighted by Gasteiger charge is -2.26. The Labute approximate surface area is 170 Å². The smallest absolute Gasteiger partial charge is 0.373 e. The van der Waals surface area contributed by atoms with Gasteiger partial charge in [0.2, 0.25) is 0 Å². The third-order valence-electron chi connectivity index (χ3n) is 5.79. The van der Waals surface area contributed by atoms with E-state index in [0.29, 0.717) is 0 Å². The molecule has 0 aliphatic rings. The molecule has 5 aromatic carbocycles. The van der Waals surface area contributed by atoms with Crippen LogP contribution in [0.1, 0.15) is 0 Å². The second-order valence-corrected chi connectivity index (χ2v) is 10.2. The molecule has 0 heterocycles. The molecule has 144 valence electrons. The number of benzene rings is 5. The maximum absolute atomic E-state index is 5.76. The Bertz CT molecular complexity index is 1360. The van der Waals surface area contributed by atoms with Crippen LogP contribution in [0.5, 0.6) is 0 Å². The van der Waals surface area contributed by atoms with Crippen LogP contribution in [0.3, 0.4) is 0 Å². The molecule has 5 aromatic rings. The molecular formula is C25H22O3Si. The van der Waals surface area contributed by atoms with E-state index in [4.69, 9.17) is 13.3 Å². The minimum atomic E-state index is -2.94. The summed E-state index contributed by atoms with van der Waals surface area (Å²) in [6, 6.07) is 28.2. The van der Waals surface area contributed by atoms with Crippen molar-refractivity contribution in [2.45, 2.75) is 0 Å². The van der Waals surface area contributed by atoms with Gasteiger partial charge in [-0.1, -0.05) is 42.5 Å². The zero-order valence-corrected chi connectivity index (χ0v) is 17.7. The van der Waals surface area contributed by atoms with Crippen LogP contribution >= 0.6 is 0 Å². The highest BCUT2D eigenvalue weighted by Gasteiger charge is 2.42. The molecule has 29 heavy (non-hydrogen) atoms. The van der Waals surface area contributed by atoms with Gasteiger partial charge in [0.1, 0.15) is 0 Å². The molecule has 0 aromatic heterocycles. The van der Waals surface area contributed by atoms with Crippen molar-refractivity contribution in [3.8, 4) is 0 Å². The van der Waals surface area contributed by atoms with E-state index in [0.717, 1.165) is 16.0 Å². The Hall–Kier alpha value is -2.76. The van der Waals surface area contributed by atoms with Crippen LogP contribution in [0.4, 0.5) is 0 Å². The van der Waals surface area contributed by atoms with Crippen molar-refractivity contribution in [1.82, 2.24) is 0 Å². The van der Waals surface area contributed by atoms with Gasteiger partial charge in [0.25, 0.3) is 0 Å². The van der Waals surface area contributed by atoms with Gasteiger partial charge < -0.3 is 13.3 Å². The molecule has 3 nitrogen and oxygen atoms in total. The molecular weight excluding hydrogens is 376 g/mol. The predicted molar refractivity (Wildman–Crippen MR) is 123 cm³/mol. The van der Waals surface area contributed by atoms with E-state index in [9.17, 15) is 0 Å². The van der Waals surface area contributed by atoms with E-state index in [2.05, 4.69) is 66.7 Å². The Morgan fingerprint density at radius 1 is 0.483 bits per heavy atom. The van der Waals surface area contributed by atoms with Gasteiger partial charge in [-0.15, -0.1) is 0 Å². The van der Waals surface area contributed by atoms with Gasteiger partial charge in [-0.05, 0) is 79.5 Å². The summed E-state index contributed by atoms with van der Waals surface area (Å²) in [7, 11) is 2.02. The van der Waals surface area contributed by atoms with Gasteiger partial charge in [-0.3, -0.25) is 0 Å². The van der Waals surface area contributed by atoms with Gasteiger partial charge in [0.15, 0.2) is 0 Å². The first-order valence-corrected chi connectivity index (χ1v) is 11.3. The second-order valence-electron chi connectivity index (χ2n) is 7.29. The third-order valence-corrected chi connectivity index (χ3v) is 8.50. The van der Waals surface area contributed by atoms with Crippen LogP contribution in [0.15, 0.2) is 78.9 Å². The number of rotatable bonds is 4. The quantitative estimate of drug-likeness (QED) is 0.300. The first-order chi connectivity index (χ1) is 14.2. The fraction of sp³-hybridized carbons (Fsp3) is 0.120. The summed E-state index contributed by atoms with van der Waals surface area (Å²) in [6.45, 7) is 0. The highest BCUT2D eigenvalue weighted by atomic mass is 28.4. The Balaban J connectivity index is 1.82. The van der Waals surface area contributed by atoms with Crippen molar-refractivity contribution < 1.29 is 13.3 Å². The van der Waals surface area contributed by atoms with Gasteiger partial charge in [-0.2, -0.15) is 0 Å². The average Bonchev–Trinajstić information content (AvgIpc) is 2.76. The first kappa shape index (κ1) is 18.3. The number of hydrogen-bond donors (Lipinski definition) is 0. The minimum Gasteiger partial charge on any atom is -0.373 e. The van der Waals surface area contributed by atoms with Crippen molar-refractivity contribution in [1.29, 1.82) is 0 Å². The molecule has 0 fully saturated rings. The average molecular weight is 399 g/mol. The van der Waals surface area contributed by atoms with Crippen LogP contribution < -0.4 is 5.19 Å². The molecule has 0 spiro atoms. The van der Waals surface area contributed by atoms with E-state index < -0.39 is 8.80 Å². The molecule has 0 aliphatic heterocycles.